The van der Waals surface area contributed by atoms with Crippen LogP contribution in [0.4, 0.5) is 0 Å². The number of aryl methyl sites for hydroxylation is 1. The summed E-state index contributed by atoms with van der Waals surface area (Å²) in [6.07, 6.45) is 2.13. The van der Waals surface area contributed by atoms with Crippen LogP contribution in [0.1, 0.15) is 24.4 Å². The van der Waals surface area contributed by atoms with Crippen molar-refractivity contribution in [1.29, 1.82) is 0 Å². The number of ether oxygens (including phenoxy) is 1. The molecule has 0 amide bonds. The summed E-state index contributed by atoms with van der Waals surface area (Å²) in [5.41, 5.74) is 1.14. The van der Waals surface area contributed by atoms with E-state index in [9.17, 15) is 9.90 Å². The summed E-state index contributed by atoms with van der Waals surface area (Å²) in [4.78, 5) is 15.6. The smallest absolute Gasteiger partial charge is 0.339 e. The highest BCUT2D eigenvalue weighted by Crippen LogP contribution is 2.26. The van der Waals surface area contributed by atoms with E-state index in [1.165, 1.54) is 0 Å². The molecule has 6 heteroatoms. The van der Waals surface area contributed by atoms with Crippen molar-refractivity contribution in [3.05, 3.63) is 47.0 Å². The Kier molecular flexibility index (Phi) is 4.42. The molecular formula is C14H15ClN2O3. The molecule has 1 unspecified atom stereocenters. The Labute approximate surface area is 121 Å². The molecule has 0 aliphatic heterocycles. The molecule has 0 aliphatic carbocycles. The summed E-state index contributed by atoms with van der Waals surface area (Å²) < 4.78 is 6.59. The van der Waals surface area contributed by atoms with Crippen molar-refractivity contribution < 1.29 is 14.6 Å². The maximum Gasteiger partial charge on any atom is 0.339 e. The molecule has 1 N–H and O–H groups in total. The fourth-order valence-corrected chi connectivity index (χ4v) is 2.16. The highest BCUT2D eigenvalue weighted by molar-refractivity contribution is 6.32. The van der Waals surface area contributed by atoms with Crippen molar-refractivity contribution in [3.8, 4) is 5.69 Å². The van der Waals surface area contributed by atoms with Crippen molar-refractivity contribution in [1.82, 2.24) is 9.55 Å². The minimum atomic E-state index is -1.33. The van der Waals surface area contributed by atoms with Crippen LogP contribution in [0.3, 0.4) is 0 Å². The third-order valence-corrected chi connectivity index (χ3v) is 3.19. The number of nitrogens with zero attached hydrogens (tertiary/aromatic N) is 2. The number of halogens is 1. The number of hydrogen-bond donors (Lipinski definition) is 1. The number of aliphatic hydroxyl groups is 1. The molecule has 0 radical (unpaired) electrons. The fourth-order valence-electron chi connectivity index (χ4n) is 1.88. The zero-order chi connectivity index (χ0) is 14.7. The predicted octanol–water partition coefficient (Wildman–Crippen LogP) is 2.43. The van der Waals surface area contributed by atoms with Gasteiger partial charge in [0.15, 0.2) is 6.10 Å². The van der Waals surface area contributed by atoms with Gasteiger partial charge in [-0.25, -0.2) is 9.78 Å². The second-order valence-electron chi connectivity index (χ2n) is 4.21. The van der Waals surface area contributed by atoms with Crippen LogP contribution in [-0.2, 0) is 9.53 Å². The maximum atomic E-state index is 11.5. The Morgan fingerprint density at radius 3 is 2.85 bits per heavy atom. The van der Waals surface area contributed by atoms with Gasteiger partial charge < -0.3 is 14.4 Å². The van der Waals surface area contributed by atoms with Crippen LogP contribution in [0.25, 0.3) is 5.69 Å². The van der Waals surface area contributed by atoms with Gasteiger partial charge in [-0.05, 0) is 31.5 Å². The van der Waals surface area contributed by atoms with Gasteiger partial charge in [0.1, 0.15) is 5.82 Å². The second kappa shape index (κ2) is 6.07. The first kappa shape index (κ1) is 14.6. The number of rotatable bonds is 4. The van der Waals surface area contributed by atoms with Gasteiger partial charge in [-0.1, -0.05) is 17.7 Å². The zero-order valence-electron chi connectivity index (χ0n) is 11.2. The molecule has 20 heavy (non-hydrogen) atoms. The highest BCUT2D eigenvalue weighted by Gasteiger charge is 2.19. The molecule has 0 saturated carbocycles. The Morgan fingerprint density at radius 2 is 2.30 bits per heavy atom. The molecule has 106 valence electrons. The molecule has 0 saturated heterocycles. The van der Waals surface area contributed by atoms with Gasteiger partial charge in [-0.15, -0.1) is 0 Å². The Bertz CT molecular complexity index is 625. The first-order chi connectivity index (χ1) is 9.54. The first-order valence-corrected chi connectivity index (χ1v) is 6.57. The van der Waals surface area contributed by atoms with Crippen LogP contribution in [0.15, 0.2) is 30.6 Å². The average molecular weight is 295 g/mol. The van der Waals surface area contributed by atoms with Crippen LogP contribution in [0, 0.1) is 6.92 Å². The van der Waals surface area contributed by atoms with E-state index >= 15 is 0 Å². The van der Waals surface area contributed by atoms with Crippen LogP contribution in [0.5, 0.6) is 0 Å². The molecule has 0 spiro atoms. The molecule has 1 atom stereocenters. The van der Waals surface area contributed by atoms with Crippen LogP contribution >= 0.6 is 11.6 Å². The molecule has 1 aromatic carbocycles. The van der Waals surface area contributed by atoms with Gasteiger partial charge in [0.05, 0.1) is 17.3 Å². The molecule has 0 fully saturated rings. The number of carbonyl (C=O) groups is 1. The maximum absolute atomic E-state index is 11.5. The summed E-state index contributed by atoms with van der Waals surface area (Å²) in [6, 6.07) is 4.93. The van der Waals surface area contributed by atoms with Crippen LogP contribution in [0.2, 0.25) is 5.02 Å². The highest BCUT2D eigenvalue weighted by atomic mass is 35.5. The normalized spacial score (nSPS) is 12.2. The summed E-state index contributed by atoms with van der Waals surface area (Å²) in [5.74, 6) is 0.112. The first-order valence-electron chi connectivity index (χ1n) is 6.19. The Hall–Kier alpha value is -1.85. The molecule has 1 aromatic heterocycles. The lowest BCUT2D eigenvalue weighted by Gasteiger charge is -2.13. The number of benzene rings is 1. The monoisotopic (exact) mass is 294 g/mol. The lowest BCUT2D eigenvalue weighted by atomic mass is 10.1. The SMILES string of the molecule is CCOC(=O)C(O)c1ccc(-n2ccnc2C)c(Cl)c1. The number of aromatic nitrogens is 2. The minimum absolute atomic E-state index is 0.218. The standard InChI is InChI=1S/C14H15ClN2O3/c1-3-20-14(19)13(18)10-4-5-12(11(15)8-10)17-7-6-16-9(17)2/h4-8,13,18H,3H2,1-2H3. The van der Waals surface area contributed by atoms with E-state index in [-0.39, 0.29) is 6.61 Å². The zero-order valence-corrected chi connectivity index (χ0v) is 12.0. The van der Waals surface area contributed by atoms with Gasteiger partial charge in [-0.2, -0.15) is 0 Å². The predicted molar refractivity (Wildman–Crippen MR) is 74.9 cm³/mol. The van der Waals surface area contributed by atoms with Gasteiger partial charge in [0, 0.05) is 12.4 Å². The average Bonchev–Trinajstić information content (AvgIpc) is 2.84. The lowest BCUT2D eigenvalue weighted by Crippen LogP contribution is -2.15. The molecule has 5 nitrogen and oxygen atoms in total. The summed E-state index contributed by atoms with van der Waals surface area (Å²) in [6.45, 7) is 3.76. The second-order valence-corrected chi connectivity index (χ2v) is 4.62. The largest absolute Gasteiger partial charge is 0.464 e. The van der Waals surface area contributed by atoms with Gasteiger partial charge >= 0.3 is 5.97 Å². The molecule has 2 rings (SSSR count). The number of hydrogen-bond acceptors (Lipinski definition) is 4. The summed E-state index contributed by atoms with van der Waals surface area (Å²) in [7, 11) is 0. The van der Waals surface area contributed by atoms with E-state index in [0.29, 0.717) is 10.6 Å². The molecule has 1 heterocycles. The topological polar surface area (TPSA) is 64.3 Å². The number of imidazole rings is 1. The van der Waals surface area contributed by atoms with Crippen LogP contribution < -0.4 is 0 Å². The van der Waals surface area contributed by atoms with Gasteiger partial charge in [0.25, 0.3) is 0 Å². The van der Waals surface area contributed by atoms with Gasteiger partial charge in [0.2, 0.25) is 0 Å². The van der Waals surface area contributed by atoms with Crippen molar-refractivity contribution in [2.45, 2.75) is 20.0 Å². The van der Waals surface area contributed by atoms with Crippen molar-refractivity contribution in [2.75, 3.05) is 6.61 Å². The minimum Gasteiger partial charge on any atom is -0.464 e. The molecule has 0 aliphatic rings. The number of carbonyl (C=O) groups excluding carboxylic acids is 1. The lowest BCUT2D eigenvalue weighted by molar-refractivity contribution is -0.153. The quantitative estimate of drug-likeness (QED) is 0.880. The third kappa shape index (κ3) is 2.84. The molecule has 2 aromatic rings. The molecular weight excluding hydrogens is 280 g/mol. The van der Waals surface area contributed by atoms with Crippen molar-refractivity contribution in [2.24, 2.45) is 0 Å². The molecule has 0 bridgehead atoms. The number of aliphatic hydroxyl groups excluding tert-OH is 1. The van der Waals surface area contributed by atoms with Gasteiger partial charge in [-0.3, -0.25) is 0 Å². The van der Waals surface area contributed by atoms with E-state index in [4.69, 9.17) is 16.3 Å². The number of esters is 1. The van der Waals surface area contributed by atoms with Crippen molar-refractivity contribution >= 4 is 17.6 Å². The van der Waals surface area contributed by atoms with E-state index in [0.717, 1.165) is 11.5 Å². The van der Waals surface area contributed by atoms with Crippen molar-refractivity contribution in [3.63, 3.8) is 0 Å². The van der Waals surface area contributed by atoms with Crippen LogP contribution in [-0.4, -0.2) is 27.2 Å². The van der Waals surface area contributed by atoms with E-state index < -0.39 is 12.1 Å². The van der Waals surface area contributed by atoms with E-state index in [1.807, 2.05) is 11.5 Å². The Morgan fingerprint density at radius 1 is 1.55 bits per heavy atom. The van der Waals surface area contributed by atoms with E-state index in [2.05, 4.69) is 4.98 Å². The fraction of sp³-hybridized carbons (Fsp3) is 0.286. The summed E-state index contributed by atoms with van der Waals surface area (Å²) in [5, 5.41) is 10.3. The third-order valence-electron chi connectivity index (χ3n) is 2.88. The van der Waals surface area contributed by atoms with E-state index in [1.54, 1.807) is 37.5 Å². The summed E-state index contributed by atoms with van der Waals surface area (Å²) >= 11 is 6.21. The Balaban J connectivity index is 2.31.